The van der Waals surface area contributed by atoms with E-state index in [1.165, 1.54) is 44.9 Å². The number of carbonyl (C=O) groups is 2. The Morgan fingerprint density at radius 1 is 0.676 bits per heavy atom. The van der Waals surface area contributed by atoms with Crippen LogP contribution in [0.2, 0.25) is 0 Å². The maximum Gasteiger partial charge on any atom is 0.311 e. The van der Waals surface area contributed by atoms with Gasteiger partial charge in [0.1, 0.15) is 0 Å². The molecular formula is C30H50O4. The third-order valence-corrected chi connectivity index (χ3v) is 6.10. The molecule has 0 radical (unpaired) electrons. The summed E-state index contributed by atoms with van der Waals surface area (Å²) < 4.78 is 11.3. The summed E-state index contributed by atoms with van der Waals surface area (Å²) in [6.07, 6.45) is 15.5. The summed E-state index contributed by atoms with van der Waals surface area (Å²) in [6, 6.07) is 5.67. The minimum atomic E-state index is -0.270. The highest BCUT2D eigenvalue weighted by Gasteiger charge is 2.15. The molecule has 4 heteroatoms. The zero-order chi connectivity index (χ0) is 25.2. The van der Waals surface area contributed by atoms with Gasteiger partial charge in [-0.05, 0) is 55.2 Å². The van der Waals surface area contributed by atoms with Crippen molar-refractivity contribution in [3.8, 4) is 11.5 Å². The highest BCUT2D eigenvalue weighted by atomic mass is 16.6. The molecule has 0 saturated heterocycles. The second-order valence-electron chi connectivity index (χ2n) is 10.5. The molecule has 1 aromatic carbocycles. The number of benzene rings is 1. The van der Waals surface area contributed by atoms with E-state index in [1.54, 1.807) is 6.07 Å². The first-order valence-electron chi connectivity index (χ1n) is 13.9. The molecule has 1 aromatic rings. The fraction of sp³-hybridized carbons (Fsp3) is 0.733. The smallest absolute Gasteiger partial charge is 0.311 e. The maximum absolute atomic E-state index is 12.4. The average Bonchev–Trinajstić information content (AvgIpc) is 2.76. The van der Waals surface area contributed by atoms with E-state index in [2.05, 4.69) is 34.6 Å². The van der Waals surface area contributed by atoms with Crippen LogP contribution in [0.25, 0.3) is 0 Å². The molecule has 0 amide bonds. The van der Waals surface area contributed by atoms with Gasteiger partial charge in [0.2, 0.25) is 0 Å². The predicted octanol–water partition coefficient (Wildman–Crippen LogP) is 8.83. The summed E-state index contributed by atoms with van der Waals surface area (Å²) in [5.74, 6) is 1.32. The number of hydrogen-bond donors (Lipinski definition) is 0. The number of rotatable bonds is 19. The van der Waals surface area contributed by atoms with Gasteiger partial charge in [0.05, 0.1) is 0 Å². The molecule has 0 spiro atoms. The molecule has 0 N–H and O–H groups in total. The van der Waals surface area contributed by atoms with Crippen LogP contribution in [0.1, 0.15) is 130 Å². The van der Waals surface area contributed by atoms with Gasteiger partial charge in [-0.25, -0.2) is 0 Å². The van der Waals surface area contributed by atoms with Gasteiger partial charge >= 0.3 is 11.9 Å². The van der Waals surface area contributed by atoms with E-state index in [9.17, 15) is 9.59 Å². The molecule has 0 aromatic heterocycles. The van der Waals surface area contributed by atoms with Crippen LogP contribution in [0, 0.1) is 11.8 Å². The number of hydrogen-bond acceptors (Lipinski definition) is 4. The summed E-state index contributed by atoms with van der Waals surface area (Å²) in [6.45, 7) is 10.8. The lowest BCUT2D eigenvalue weighted by atomic mass is 10.0. The predicted molar refractivity (Wildman–Crippen MR) is 141 cm³/mol. The molecule has 4 nitrogen and oxygen atoms in total. The second-order valence-corrected chi connectivity index (χ2v) is 10.5. The number of aryl methyl sites for hydroxylation is 1. The highest BCUT2D eigenvalue weighted by molar-refractivity contribution is 5.76. The summed E-state index contributed by atoms with van der Waals surface area (Å²) in [4.78, 5) is 24.8. The van der Waals surface area contributed by atoms with Crippen LogP contribution in [-0.2, 0) is 16.0 Å². The third-order valence-electron chi connectivity index (χ3n) is 6.10. The number of ether oxygens (including phenoxy) is 2. The molecule has 0 aliphatic heterocycles. The minimum absolute atomic E-state index is 0.262. The van der Waals surface area contributed by atoms with Gasteiger partial charge in [-0.3, -0.25) is 9.59 Å². The minimum Gasteiger partial charge on any atom is -0.423 e. The third kappa shape index (κ3) is 15.1. The van der Waals surface area contributed by atoms with E-state index in [-0.39, 0.29) is 11.9 Å². The Kier molecular flexibility index (Phi) is 16.4. The molecule has 194 valence electrons. The van der Waals surface area contributed by atoms with Gasteiger partial charge in [-0.1, -0.05) is 98.5 Å². The van der Waals surface area contributed by atoms with E-state index in [0.717, 1.165) is 44.1 Å². The van der Waals surface area contributed by atoms with E-state index in [4.69, 9.17) is 9.47 Å². The fourth-order valence-electron chi connectivity index (χ4n) is 3.99. The lowest BCUT2D eigenvalue weighted by molar-refractivity contribution is -0.137. The summed E-state index contributed by atoms with van der Waals surface area (Å²) in [5.41, 5.74) is 1.12. The van der Waals surface area contributed by atoms with Crippen LogP contribution in [0.3, 0.4) is 0 Å². The molecule has 0 aliphatic rings. The monoisotopic (exact) mass is 474 g/mol. The van der Waals surface area contributed by atoms with Crippen LogP contribution in [-0.4, -0.2) is 11.9 Å². The Morgan fingerprint density at radius 2 is 1.18 bits per heavy atom. The number of unbranched alkanes of at least 4 members (excludes halogenated alkanes) is 7. The van der Waals surface area contributed by atoms with Crippen LogP contribution < -0.4 is 9.47 Å². The van der Waals surface area contributed by atoms with Gasteiger partial charge in [-0.15, -0.1) is 0 Å². The summed E-state index contributed by atoms with van der Waals surface area (Å²) in [7, 11) is 0. The Bertz CT molecular complexity index is 693. The highest BCUT2D eigenvalue weighted by Crippen LogP contribution is 2.30. The SMILES string of the molecule is CCCCCCCCCCc1ccc(OC(=O)CCCC(C)C)c(OC(=O)CCCC(C)C)c1. The zero-order valence-corrected chi connectivity index (χ0v) is 22.6. The molecule has 0 fully saturated rings. The van der Waals surface area contributed by atoms with Crippen molar-refractivity contribution in [2.75, 3.05) is 0 Å². The van der Waals surface area contributed by atoms with Crippen LogP contribution >= 0.6 is 0 Å². The molecular weight excluding hydrogens is 424 g/mol. The van der Waals surface area contributed by atoms with Crippen molar-refractivity contribution in [1.29, 1.82) is 0 Å². The van der Waals surface area contributed by atoms with Crippen molar-refractivity contribution in [2.24, 2.45) is 11.8 Å². The van der Waals surface area contributed by atoms with Gasteiger partial charge in [-0.2, -0.15) is 0 Å². The topological polar surface area (TPSA) is 52.6 Å². The van der Waals surface area contributed by atoms with Gasteiger partial charge in [0.25, 0.3) is 0 Å². The Balaban J connectivity index is 2.66. The maximum atomic E-state index is 12.4. The van der Waals surface area contributed by atoms with E-state index >= 15 is 0 Å². The van der Waals surface area contributed by atoms with Crippen molar-refractivity contribution >= 4 is 11.9 Å². The van der Waals surface area contributed by atoms with Gasteiger partial charge < -0.3 is 9.47 Å². The first kappa shape index (κ1) is 30.2. The van der Waals surface area contributed by atoms with Crippen LogP contribution in [0.15, 0.2) is 18.2 Å². The molecule has 0 saturated carbocycles. The quantitative estimate of drug-likeness (QED) is 0.114. The second kappa shape index (κ2) is 18.5. The fourth-order valence-corrected chi connectivity index (χ4v) is 3.99. The first-order chi connectivity index (χ1) is 16.3. The molecule has 0 aliphatic carbocycles. The van der Waals surface area contributed by atoms with Crippen molar-refractivity contribution in [2.45, 2.75) is 131 Å². The van der Waals surface area contributed by atoms with Gasteiger partial charge in [0.15, 0.2) is 11.5 Å². The Morgan fingerprint density at radius 3 is 1.71 bits per heavy atom. The average molecular weight is 475 g/mol. The lowest BCUT2D eigenvalue weighted by Gasteiger charge is -2.13. The summed E-state index contributed by atoms with van der Waals surface area (Å²) in [5, 5.41) is 0. The standard InChI is InChI=1S/C30H50O4/c1-6-7-8-9-10-11-12-13-18-26-21-22-27(33-29(31)19-14-16-24(2)3)28(23-26)34-30(32)20-15-17-25(4)5/h21-25H,6-20H2,1-5H3. The van der Waals surface area contributed by atoms with Gasteiger partial charge in [0, 0.05) is 12.8 Å². The lowest BCUT2D eigenvalue weighted by Crippen LogP contribution is -2.12. The molecule has 0 unspecified atom stereocenters. The number of esters is 2. The van der Waals surface area contributed by atoms with Crippen molar-refractivity contribution in [3.63, 3.8) is 0 Å². The largest absolute Gasteiger partial charge is 0.423 e. The molecule has 1 rings (SSSR count). The molecule has 0 bridgehead atoms. The molecule has 0 heterocycles. The Hall–Kier alpha value is -1.84. The van der Waals surface area contributed by atoms with Crippen LogP contribution in [0.5, 0.6) is 11.5 Å². The number of carbonyl (C=O) groups excluding carboxylic acids is 2. The summed E-state index contributed by atoms with van der Waals surface area (Å²) >= 11 is 0. The first-order valence-corrected chi connectivity index (χ1v) is 13.9. The van der Waals surface area contributed by atoms with Crippen molar-refractivity contribution in [3.05, 3.63) is 23.8 Å². The van der Waals surface area contributed by atoms with E-state index in [0.29, 0.717) is 36.2 Å². The van der Waals surface area contributed by atoms with E-state index < -0.39 is 0 Å². The zero-order valence-electron chi connectivity index (χ0n) is 22.6. The molecule has 0 atom stereocenters. The van der Waals surface area contributed by atoms with Crippen molar-refractivity contribution < 1.29 is 19.1 Å². The Labute approximate surface area is 209 Å². The normalized spacial score (nSPS) is 11.3. The van der Waals surface area contributed by atoms with Crippen LogP contribution in [0.4, 0.5) is 0 Å². The van der Waals surface area contributed by atoms with E-state index in [1.807, 2.05) is 12.1 Å². The molecule has 34 heavy (non-hydrogen) atoms. The van der Waals surface area contributed by atoms with Crippen molar-refractivity contribution in [1.82, 2.24) is 0 Å².